The van der Waals surface area contributed by atoms with Gasteiger partial charge in [-0.15, -0.1) is 0 Å². The molecule has 0 fully saturated rings. The van der Waals surface area contributed by atoms with E-state index in [1.54, 1.807) is 6.92 Å². The van der Waals surface area contributed by atoms with Crippen molar-refractivity contribution in [2.24, 2.45) is 0 Å². The lowest BCUT2D eigenvalue weighted by molar-refractivity contribution is 0.161. The smallest absolute Gasteiger partial charge is 0.151 e. The molecule has 136 valence electrons. The minimum Gasteiger partial charge on any atom is -0.341 e. The van der Waals surface area contributed by atoms with Gasteiger partial charge in [0.25, 0.3) is 0 Å². The lowest BCUT2D eigenvalue weighted by Gasteiger charge is -2.27. The summed E-state index contributed by atoms with van der Waals surface area (Å²) >= 11 is 6.22. The monoisotopic (exact) mass is 374 g/mol. The van der Waals surface area contributed by atoms with Gasteiger partial charge >= 0.3 is 0 Å². The average molecular weight is 375 g/mol. The van der Waals surface area contributed by atoms with Crippen LogP contribution in [0.25, 0.3) is 10.9 Å². The first-order valence-corrected chi connectivity index (χ1v) is 9.16. The Kier molecular flexibility index (Phi) is 4.28. The molecule has 0 aliphatic carbocycles. The van der Waals surface area contributed by atoms with Crippen molar-refractivity contribution in [3.05, 3.63) is 70.1 Å². The molecular formula is C21H21ClF2N2. The van der Waals surface area contributed by atoms with Crippen molar-refractivity contribution in [3.63, 3.8) is 0 Å². The Bertz CT molecular complexity index is 960. The SMILES string of the molecule is CN1CCc2c(c3cc(Cl)ccc3n2CC(C)(F)c2ccc(F)cc2)C1. The lowest BCUT2D eigenvalue weighted by atomic mass is 9.97. The summed E-state index contributed by atoms with van der Waals surface area (Å²) in [6.07, 6.45) is 0.873. The highest BCUT2D eigenvalue weighted by atomic mass is 35.5. The van der Waals surface area contributed by atoms with Crippen LogP contribution in [-0.2, 0) is 25.2 Å². The molecule has 1 unspecified atom stereocenters. The molecule has 1 aliphatic heterocycles. The predicted molar refractivity (Wildman–Crippen MR) is 102 cm³/mol. The molecule has 4 rings (SSSR count). The summed E-state index contributed by atoms with van der Waals surface area (Å²) in [4.78, 5) is 2.27. The van der Waals surface area contributed by atoms with Crippen molar-refractivity contribution in [1.82, 2.24) is 9.47 Å². The van der Waals surface area contributed by atoms with Gasteiger partial charge < -0.3 is 9.47 Å². The molecule has 2 heterocycles. The second-order valence-corrected chi connectivity index (χ2v) is 7.80. The minimum absolute atomic E-state index is 0.190. The van der Waals surface area contributed by atoms with E-state index in [9.17, 15) is 4.39 Å². The summed E-state index contributed by atoms with van der Waals surface area (Å²) < 4.78 is 30.9. The Labute approximate surface area is 157 Å². The normalized spacial score (nSPS) is 17.3. The van der Waals surface area contributed by atoms with Crippen LogP contribution in [0.15, 0.2) is 42.5 Å². The summed E-state index contributed by atoms with van der Waals surface area (Å²) in [6, 6.07) is 11.5. The summed E-state index contributed by atoms with van der Waals surface area (Å²) in [5.74, 6) is -0.356. The molecule has 1 aromatic heterocycles. The van der Waals surface area contributed by atoms with Gasteiger partial charge in [-0.05, 0) is 55.4 Å². The molecule has 3 aromatic rings. The van der Waals surface area contributed by atoms with E-state index in [0.29, 0.717) is 10.6 Å². The number of halogens is 3. The van der Waals surface area contributed by atoms with Crippen LogP contribution >= 0.6 is 11.6 Å². The highest BCUT2D eigenvalue weighted by molar-refractivity contribution is 6.31. The van der Waals surface area contributed by atoms with Crippen LogP contribution in [0, 0.1) is 5.82 Å². The summed E-state index contributed by atoms with van der Waals surface area (Å²) in [5.41, 5.74) is 2.28. The molecule has 1 atom stereocenters. The number of hydrogen-bond donors (Lipinski definition) is 0. The molecule has 0 amide bonds. The van der Waals surface area contributed by atoms with Gasteiger partial charge in [0.2, 0.25) is 0 Å². The summed E-state index contributed by atoms with van der Waals surface area (Å²) in [7, 11) is 2.09. The van der Waals surface area contributed by atoms with Crippen LogP contribution in [0.4, 0.5) is 8.78 Å². The maximum atomic E-state index is 15.6. The molecule has 0 saturated carbocycles. The summed E-state index contributed by atoms with van der Waals surface area (Å²) in [6.45, 7) is 3.52. The van der Waals surface area contributed by atoms with Gasteiger partial charge in [-0.1, -0.05) is 23.7 Å². The molecular weight excluding hydrogens is 354 g/mol. The van der Waals surface area contributed by atoms with Gasteiger partial charge in [-0.25, -0.2) is 8.78 Å². The second kappa shape index (κ2) is 6.36. The highest BCUT2D eigenvalue weighted by Crippen LogP contribution is 2.36. The van der Waals surface area contributed by atoms with Crippen LogP contribution in [0.2, 0.25) is 5.02 Å². The zero-order chi connectivity index (χ0) is 18.5. The van der Waals surface area contributed by atoms with E-state index in [-0.39, 0.29) is 12.4 Å². The van der Waals surface area contributed by atoms with Crippen molar-refractivity contribution >= 4 is 22.5 Å². The Hall–Kier alpha value is -1.91. The number of benzene rings is 2. The van der Waals surface area contributed by atoms with E-state index < -0.39 is 5.67 Å². The number of aromatic nitrogens is 1. The fourth-order valence-electron chi connectivity index (χ4n) is 3.92. The molecule has 26 heavy (non-hydrogen) atoms. The zero-order valence-electron chi connectivity index (χ0n) is 14.9. The maximum absolute atomic E-state index is 15.6. The van der Waals surface area contributed by atoms with Gasteiger partial charge in [0.1, 0.15) is 5.82 Å². The lowest BCUT2D eigenvalue weighted by Crippen LogP contribution is -2.29. The number of hydrogen-bond acceptors (Lipinski definition) is 1. The molecule has 2 aromatic carbocycles. The third-order valence-corrected chi connectivity index (χ3v) is 5.54. The first-order valence-electron chi connectivity index (χ1n) is 8.78. The van der Waals surface area contributed by atoms with Crippen molar-refractivity contribution < 1.29 is 8.78 Å². The van der Waals surface area contributed by atoms with E-state index in [0.717, 1.165) is 30.4 Å². The first-order chi connectivity index (χ1) is 12.3. The molecule has 0 radical (unpaired) electrons. The Morgan fingerprint density at radius 1 is 1.15 bits per heavy atom. The van der Waals surface area contributed by atoms with E-state index >= 15 is 4.39 Å². The van der Waals surface area contributed by atoms with Crippen LogP contribution in [0.3, 0.4) is 0 Å². The van der Waals surface area contributed by atoms with E-state index in [1.807, 2.05) is 18.2 Å². The zero-order valence-corrected chi connectivity index (χ0v) is 15.7. The van der Waals surface area contributed by atoms with Gasteiger partial charge in [0.15, 0.2) is 5.67 Å². The number of fused-ring (bicyclic) bond motifs is 3. The topological polar surface area (TPSA) is 8.17 Å². The minimum atomic E-state index is -1.60. The fraction of sp³-hybridized carbons (Fsp3) is 0.333. The average Bonchev–Trinajstić information content (AvgIpc) is 2.87. The molecule has 0 saturated heterocycles. The molecule has 0 spiro atoms. The Morgan fingerprint density at radius 2 is 1.88 bits per heavy atom. The predicted octanol–water partition coefficient (Wildman–Crippen LogP) is 5.31. The van der Waals surface area contributed by atoms with E-state index in [2.05, 4.69) is 16.5 Å². The van der Waals surface area contributed by atoms with Crippen molar-refractivity contribution in [2.75, 3.05) is 13.6 Å². The van der Waals surface area contributed by atoms with Crippen molar-refractivity contribution in [1.29, 1.82) is 0 Å². The number of rotatable bonds is 3. The fourth-order valence-corrected chi connectivity index (χ4v) is 4.10. The van der Waals surface area contributed by atoms with E-state index in [1.165, 1.54) is 35.5 Å². The highest BCUT2D eigenvalue weighted by Gasteiger charge is 2.30. The number of alkyl halides is 1. The van der Waals surface area contributed by atoms with Crippen molar-refractivity contribution in [2.45, 2.75) is 32.1 Å². The van der Waals surface area contributed by atoms with Crippen LogP contribution in [0.5, 0.6) is 0 Å². The van der Waals surface area contributed by atoms with Crippen LogP contribution in [-0.4, -0.2) is 23.1 Å². The second-order valence-electron chi connectivity index (χ2n) is 7.36. The van der Waals surface area contributed by atoms with Gasteiger partial charge in [0, 0.05) is 41.1 Å². The number of nitrogens with zero attached hydrogens (tertiary/aromatic N) is 2. The first kappa shape index (κ1) is 17.5. The molecule has 1 aliphatic rings. The third-order valence-electron chi connectivity index (χ3n) is 5.31. The largest absolute Gasteiger partial charge is 0.341 e. The molecule has 0 N–H and O–H groups in total. The summed E-state index contributed by atoms with van der Waals surface area (Å²) in [5, 5.41) is 1.78. The molecule has 0 bridgehead atoms. The van der Waals surface area contributed by atoms with Crippen LogP contribution < -0.4 is 0 Å². The van der Waals surface area contributed by atoms with Gasteiger partial charge in [0.05, 0.1) is 6.54 Å². The van der Waals surface area contributed by atoms with Crippen molar-refractivity contribution in [3.8, 4) is 0 Å². The molecule has 5 heteroatoms. The molecule has 2 nitrogen and oxygen atoms in total. The standard InChI is InChI=1S/C21H21ClF2N2/c1-21(24,14-3-6-16(23)7-4-14)13-26-19-8-5-15(22)11-17(19)18-12-25(2)10-9-20(18)26/h3-8,11H,9-10,12-13H2,1-2H3. The Balaban J connectivity index is 1.82. The van der Waals surface area contributed by atoms with Gasteiger partial charge in [-0.3, -0.25) is 0 Å². The Morgan fingerprint density at radius 3 is 2.62 bits per heavy atom. The van der Waals surface area contributed by atoms with Crippen LogP contribution in [0.1, 0.15) is 23.7 Å². The maximum Gasteiger partial charge on any atom is 0.151 e. The third kappa shape index (κ3) is 3.01. The van der Waals surface area contributed by atoms with E-state index in [4.69, 9.17) is 11.6 Å². The van der Waals surface area contributed by atoms with Gasteiger partial charge in [-0.2, -0.15) is 0 Å². The quantitative estimate of drug-likeness (QED) is 0.603. The number of likely N-dealkylation sites (N-methyl/N-ethyl adjacent to an activating group) is 1.